The van der Waals surface area contributed by atoms with Crippen LogP contribution in [0.25, 0.3) is 57.3 Å². The van der Waals surface area contributed by atoms with E-state index in [1.807, 2.05) is 42.5 Å². The molecule has 0 radical (unpaired) electrons. The van der Waals surface area contributed by atoms with Crippen LogP contribution in [0.3, 0.4) is 0 Å². The van der Waals surface area contributed by atoms with Gasteiger partial charge < -0.3 is 74.4 Å². The van der Waals surface area contributed by atoms with Gasteiger partial charge >= 0.3 is 29.8 Å². The number of anilines is 5. The number of carbonyl (C=O) groups excluding carboxylic acids is 5. The second-order valence-electron chi connectivity index (χ2n) is 27.4. The largest absolute Gasteiger partial charge is 0.463 e. The number of esters is 5. The van der Waals surface area contributed by atoms with E-state index in [-0.39, 0.29) is 105 Å². The molecule has 0 saturated heterocycles. The molecule has 32 nitrogen and oxygen atoms in total. The van der Waals surface area contributed by atoms with E-state index in [2.05, 4.69) is 55.9 Å². The summed E-state index contributed by atoms with van der Waals surface area (Å²) in [6.07, 6.45) is 5.57. The van der Waals surface area contributed by atoms with E-state index in [4.69, 9.17) is 96.6 Å². The molecule has 610 valence electrons. The molecule has 0 spiro atoms. The predicted molar refractivity (Wildman–Crippen MR) is 427 cm³/mol. The maximum Gasteiger partial charge on any atom is 0.343 e. The summed E-state index contributed by atoms with van der Waals surface area (Å²) in [7, 11) is 0. The van der Waals surface area contributed by atoms with Gasteiger partial charge in [-0.1, -0.05) is 84.4 Å². The number of fused-ring (bicyclic) bond motifs is 5. The number of nitriles is 2. The molecule has 5 aliphatic heterocycles. The molecule has 10 N–H and O–H groups in total. The molecule has 0 amide bonds. The minimum atomic E-state index is -0.766. The van der Waals surface area contributed by atoms with Gasteiger partial charge in [-0.2, -0.15) is 10.5 Å². The number of halogens is 4. The SMILES string of the molecule is N#Cc1ccc(CC2OC(=O)c3c(-c4ccco4)nc(N)nc32)cc1.N#Cc1ccc(CC2OC(=O)c3c(-c4ccco4)nc(N)nc32)cc1F.Nc1nc(-c2ccco2)c2c(n1)C(Cc1ccc(Cl)cc1F)OC2=O.Nc1nc(-c2ccco2)c2c(n1)C(Cc1ccccc1)OC2=O.Nc1nc(-c2ccco2)c2c(n1)C(Cc1ccccc1F)OC2=O. The van der Waals surface area contributed by atoms with Crippen LogP contribution in [0.15, 0.2) is 229 Å². The molecular formula is C87H59ClF3N17O15. The number of nitrogen functional groups attached to an aromatic ring is 5. The molecule has 5 aliphatic rings. The molecule has 36 heteroatoms. The molecule has 5 atom stereocenters. The number of carbonyl (C=O) groups is 5. The van der Waals surface area contributed by atoms with Crippen molar-refractivity contribution in [1.82, 2.24) is 49.8 Å². The number of benzene rings is 5. The van der Waals surface area contributed by atoms with Gasteiger partial charge in [0.1, 0.15) is 139 Å². The van der Waals surface area contributed by atoms with E-state index in [1.165, 1.54) is 55.6 Å². The van der Waals surface area contributed by atoms with Gasteiger partial charge in [-0.3, -0.25) is 0 Å². The Hall–Kier alpha value is -16.7. The average Bonchev–Trinajstić information content (AvgIpc) is 1.66. The topological polar surface area (TPSA) is 504 Å². The van der Waals surface area contributed by atoms with Crippen LogP contribution < -0.4 is 28.7 Å². The van der Waals surface area contributed by atoms with Gasteiger partial charge in [0.15, 0.2) is 28.8 Å². The normalized spacial score (nSPS) is 15.8. The number of rotatable bonds is 15. The van der Waals surface area contributed by atoms with Crippen LogP contribution in [0.1, 0.15) is 150 Å². The summed E-state index contributed by atoms with van der Waals surface area (Å²) in [4.78, 5) is 103. The molecule has 0 saturated carbocycles. The van der Waals surface area contributed by atoms with Crippen LogP contribution in [0, 0.1) is 40.1 Å². The number of cyclic esters (lactones) is 5. The lowest BCUT2D eigenvalue weighted by molar-refractivity contribution is 0.0371. The zero-order valence-electron chi connectivity index (χ0n) is 63.4. The van der Waals surface area contributed by atoms with Crippen LogP contribution in [0.2, 0.25) is 5.02 Å². The Kier molecular flexibility index (Phi) is 22.5. The summed E-state index contributed by atoms with van der Waals surface area (Å²) in [5, 5.41) is 18.0. The molecule has 5 unspecified atom stereocenters. The van der Waals surface area contributed by atoms with Gasteiger partial charge in [-0.05, 0) is 131 Å². The van der Waals surface area contributed by atoms with Crippen molar-refractivity contribution in [1.29, 1.82) is 10.5 Å². The zero-order valence-corrected chi connectivity index (χ0v) is 64.2. The molecule has 15 heterocycles. The minimum Gasteiger partial charge on any atom is -0.463 e. The quantitative estimate of drug-likeness (QED) is 0.0470. The molecule has 10 aromatic heterocycles. The van der Waals surface area contributed by atoms with Gasteiger partial charge in [0.2, 0.25) is 29.7 Å². The standard InChI is InChI=1S/C18H11FN4O3.C18H12N4O3.C17H11ClFN3O3.C17H12FN3O3.C17H13N3O3/c19-11-6-9(3-4-10(11)8-20)7-13-16-14(17(24)26-13)15(22-18(21)23-16)12-2-1-5-25-12;19-9-11-5-3-10(4-6-11)8-13-16-14(17(23)25-13)15(21-18(20)22-16)12-2-1-7-24-12;18-9-4-3-8(10(19)7-9)6-12-15-13(16(23)25-12)14(21-17(20)22-15)11-2-1-5-24-11;18-10-5-2-1-4-9(10)8-12-15-13(16(22)24-12)14(20-17(19)21-15)11-6-3-7-23-11;18-17-19-14(11-7-4-8-22-11)13-15(20-17)12(23-16(13)21)9-10-5-2-1-3-6-10/h1-6,13H,7H2,(H2,21,22,23);1-7,13H,8H2,(H2,20,21,22);1-5,7,12H,6H2,(H2,20,21,22);1-7,12H,8H2,(H2,19,20,21);1-8,12H,9H2,(H2,18,19,20). The number of aromatic nitrogens is 10. The highest BCUT2D eigenvalue weighted by Gasteiger charge is 2.43. The monoisotopic (exact) mass is 1670 g/mol. The lowest BCUT2D eigenvalue weighted by Gasteiger charge is -2.11. The highest BCUT2D eigenvalue weighted by Crippen LogP contribution is 2.44. The first-order chi connectivity index (χ1) is 59.6. The van der Waals surface area contributed by atoms with Gasteiger partial charge in [0.25, 0.3) is 0 Å². The summed E-state index contributed by atoms with van der Waals surface area (Å²) in [5.74, 6) is -2.06. The third kappa shape index (κ3) is 17.0. The van der Waals surface area contributed by atoms with Crippen LogP contribution >= 0.6 is 11.6 Å². The highest BCUT2D eigenvalue weighted by atomic mass is 35.5. The minimum absolute atomic E-state index is 0.00279. The predicted octanol–water partition coefficient (Wildman–Crippen LogP) is 14.7. The van der Waals surface area contributed by atoms with Crippen molar-refractivity contribution in [3.8, 4) is 69.4 Å². The van der Waals surface area contributed by atoms with Crippen molar-refractivity contribution in [2.24, 2.45) is 0 Å². The lowest BCUT2D eigenvalue weighted by atomic mass is 10.0. The van der Waals surface area contributed by atoms with E-state index in [0.29, 0.717) is 109 Å². The molecule has 20 rings (SSSR count). The average molecular weight is 1670 g/mol. The number of furan rings is 5. The third-order valence-electron chi connectivity index (χ3n) is 19.5. The third-order valence-corrected chi connectivity index (χ3v) is 19.7. The molecule has 5 aromatic carbocycles. The Balaban J connectivity index is 0.000000114. The van der Waals surface area contributed by atoms with E-state index in [1.54, 1.807) is 115 Å². The Morgan fingerprint density at radius 2 is 0.634 bits per heavy atom. The Morgan fingerprint density at radius 1 is 0.317 bits per heavy atom. The fourth-order valence-corrected chi connectivity index (χ4v) is 14.2. The van der Waals surface area contributed by atoms with Crippen LogP contribution in [0.4, 0.5) is 42.9 Å². The van der Waals surface area contributed by atoms with Crippen molar-refractivity contribution in [2.45, 2.75) is 62.6 Å². The molecular weight excluding hydrogens is 1620 g/mol. The first-order valence-corrected chi connectivity index (χ1v) is 37.5. The summed E-state index contributed by atoms with van der Waals surface area (Å²) in [6.45, 7) is 0. The molecule has 0 bridgehead atoms. The van der Waals surface area contributed by atoms with Gasteiger partial charge in [-0.15, -0.1) is 0 Å². The van der Waals surface area contributed by atoms with Crippen molar-refractivity contribution in [2.75, 3.05) is 28.7 Å². The van der Waals surface area contributed by atoms with Gasteiger partial charge in [0.05, 0.1) is 48.5 Å². The summed E-state index contributed by atoms with van der Waals surface area (Å²) in [6, 6.07) is 52.4. The van der Waals surface area contributed by atoms with Crippen LogP contribution in [0.5, 0.6) is 0 Å². The van der Waals surface area contributed by atoms with Crippen molar-refractivity contribution in [3.05, 3.63) is 325 Å². The van der Waals surface area contributed by atoms with Crippen molar-refractivity contribution in [3.63, 3.8) is 0 Å². The second-order valence-corrected chi connectivity index (χ2v) is 27.8. The molecule has 123 heavy (non-hydrogen) atoms. The van der Waals surface area contributed by atoms with Crippen LogP contribution in [-0.2, 0) is 55.8 Å². The van der Waals surface area contributed by atoms with Gasteiger partial charge in [-0.25, -0.2) is 87.0 Å². The van der Waals surface area contributed by atoms with Gasteiger partial charge in [0, 0.05) is 37.1 Å². The first-order valence-electron chi connectivity index (χ1n) is 37.1. The first kappa shape index (κ1) is 80.1. The Labute approximate surface area is 696 Å². The lowest BCUT2D eigenvalue weighted by Crippen LogP contribution is -2.08. The Bertz CT molecular complexity index is 6660. The van der Waals surface area contributed by atoms with E-state index < -0.39 is 72.0 Å². The number of nitrogens with zero attached hydrogens (tertiary/aromatic N) is 12. The fourth-order valence-electron chi connectivity index (χ4n) is 14.0. The molecule has 0 aliphatic carbocycles. The fraction of sp³-hybridized carbons (Fsp3) is 0.115. The Morgan fingerprint density at radius 3 is 0.951 bits per heavy atom. The second kappa shape index (κ2) is 34.5. The van der Waals surface area contributed by atoms with E-state index >= 15 is 0 Å². The number of hydrogen-bond donors (Lipinski definition) is 5. The van der Waals surface area contributed by atoms with Crippen molar-refractivity contribution >= 4 is 71.2 Å². The summed E-state index contributed by atoms with van der Waals surface area (Å²) in [5.41, 5.74) is 37.4. The summed E-state index contributed by atoms with van der Waals surface area (Å²) >= 11 is 5.76. The molecule has 0 fully saturated rings. The smallest absolute Gasteiger partial charge is 0.343 e. The highest BCUT2D eigenvalue weighted by molar-refractivity contribution is 6.30. The number of hydrogen-bond acceptors (Lipinski definition) is 32. The number of ether oxygens (including phenoxy) is 5. The van der Waals surface area contributed by atoms with Crippen molar-refractivity contribution < 1.29 is 82.9 Å². The van der Waals surface area contributed by atoms with Crippen LogP contribution in [-0.4, -0.2) is 79.7 Å². The number of nitrogens with two attached hydrogens (primary N) is 5. The maximum absolute atomic E-state index is 14.1. The summed E-state index contributed by atoms with van der Waals surface area (Å²) < 4.78 is 95.5. The van der Waals surface area contributed by atoms with E-state index in [0.717, 1.165) is 11.1 Å². The molecule has 15 aromatic rings. The van der Waals surface area contributed by atoms with E-state index in [9.17, 15) is 37.1 Å². The zero-order chi connectivity index (χ0) is 85.7. The maximum atomic E-state index is 14.1.